The van der Waals surface area contributed by atoms with Crippen LogP contribution in [0.4, 0.5) is 0 Å². The topological polar surface area (TPSA) is 41.6 Å². The van der Waals surface area contributed by atoms with Crippen LogP contribution in [0.15, 0.2) is 24.3 Å². The average Bonchev–Trinajstić information content (AvgIpc) is 2.47. The van der Waals surface area contributed by atoms with Crippen LogP contribution in [0.1, 0.15) is 25.3 Å². The van der Waals surface area contributed by atoms with Gasteiger partial charge in [0.05, 0.1) is 12.5 Å². The maximum absolute atomic E-state index is 12.7. The minimum atomic E-state index is -0.283. The third kappa shape index (κ3) is 4.11. The molecule has 1 atom stereocenters. The van der Waals surface area contributed by atoms with Gasteiger partial charge in [-0.25, -0.2) is 0 Å². The number of carbonyl (C=O) groups is 1. The lowest BCUT2D eigenvalue weighted by molar-refractivity contribution is -0.141. The molecule has 0 radical (unpaired) electrons. The summed E-state index contributed by atoms with van der Waals surface area (Å²) in [4.78, 5) is 14.5. The van der Waals surface area contributed by atoms with Crippen molar-refractivity contribution in [2.75, 3.05) is 27.2 Å². The molecule has 0 spiro atoms. The zero-order valence-electron chi connectivity index (χ0n) is 13.0. The first kappa shape index (κ1) is 17.8. The molecule has 1 N–H and O–H groups in total. The lowest BCUT2D eigenvalue weighted by Crippen LogP contribution is -2.48. The second-order valence-corrected chi connectivity index (χ2v) is 5.81. The molecule has 118 valence electrons. The Kier molecular flexibility index (Phi) is 6.49. The molecule has 1 unspecified atom stereocenters. The molecule has 1 saturated heterocycles. The number of amides is 1. The van der Waals surface area contributed by atoms with E-state index in [1.807, 2.05) is 36.2 Å². The van der Waals surface area contributed by atoms with Crippen LogP contribution in [0.3, 0.4) is 0 Å². The highest BCUT2D eigenvalue weighted by molar-refractivity contribution is 5.85. The molecule has 1 amide bonds. The van der Waals surface area contributed by atoms with Crippen LogP contribution < -0.4 is 10.1 Å². The van der Waals surface area contributed by atoms with Gasteiger partial charge in [-0.1, -0.05) is 18.2 Å². The van der Waals surface area contributed by atoms with Crippen molar-refractivity contribution in [2.24, 2.45) is 5.41 Å². The van der Waals surface area contributed by atoms with Crippen LogP contribution in [-0.2, 0) is 11.3 Å². The third-order valence-electron chi connectivity index (χ3n) is 4.06. The van der Waals surface area contributed by atoms with Crippen LogP contribution in [0.2, 0.25) is 0 Å². The molecular formula is C16H25ClN2O2. The van der Waals surface area contributed by atoms with Crippen LogP contribution in [0.25, 0.3) is 0 Å². The van der Waals surface area contributed by atoms with Crippen molar-refractivity contribution in [1.82, 2.24) is 10.2 Å². The Morgan fingerprint density at radius 1 is 1.43 bits per heavy atom. The predicted molar refractivity (Wildman–Crippen MR) is 86.9 cm³/mol. The number of carbonyl (C=O) groups excluding carboxylic acids is 1. The zero-order chi connectivity index (χ0) is 14.6. The van der Waals surface area contributed by atoms with Crippen molar-refractivity contribution < 1.29 is 9.53 Å². The second kappa shape index (κ2) is 7.66. The van der Waals surface area contributed by atoms with E-state index < -0.39 is 0 Å². The van der Waals surface area contributed by atoms with Crippen molar-refractivity contribution in [3.63, 3.8) is 0 Å². The summed E-state index contributed by atoms with van der Waals surface area (Å²) in [5.41, 5.74) is 0.757. The minimum Gasteiger partial charge on any atom is -0.496 e. The standard InChI is InChI=1S/C16H24N2O2.ClH/c1-16(9-6-10-17-12-16)15(19)18(2)11-13-7-4-5-8-14(13)20-3;/h4-5,7-8,17H,6,9-12H2,1-3H3;1H. The van der Waals surface area contributed by atoms with Gasteiger partial charge >= 0.3 is 0 Å². The quantitative estimate of drug-likeness (QED) is 0.928. The number of para-hydroxylation sites is 1. The smallest absolute Gasteiger partial charge is 0.229 e. The number of rotatable bonds is 4. The van der Waals surface area contributed by atoms with Gasteiger partial charge in [0.1, 0.15) is 5.75 Å². The fraction of sp³-hybridized carbons (Fsp3) is 0.562. The van der Waals surface area contributed by atoms with Crippen LogP contribution in [-0.4, -0.2) is 38.1 Å². The van der Waals surface area contributed by atoms with Gasteiger partial charge in [0.25, 0.3) is 0 Å². The highest BCUT2D eigenvalue weighted by Crippen LogP contribution is 2.29. The van der Waals surface area contributed by atoms with Gasteiger partial charge in [-0.2, -0.15) is 0 Å². The number of piperidine rings is 1. The second-order valence-electron chi connectivity index (χ2n) is 5.81. The van der Waals surface area contributed by atoms with Crippen molar-refractivity contribution in [3.05, 3.63) is 29.8 Å². The fourth-order valence-electron chi connectivity index (χ4n) is 2.86. The number of halogens is 1. The fourth-order valence-corrected chi connectivity index (χ4v) is 2.86. The largest absolute Gasteiger partial charge is 0.496 e. The molecular weight excluding hydrogens is 288 g/mol. The number of nitrogens with one attached hydrogen (secondary N) is 1. The summed E-state index contributed by atoms with van der Waals surface area (Å²) in [7, 11) is 3.53. The molecule has 1 aliphatic rings. The Labute approximate surface area is 133 Å². The zero-order valence-corrected chi connectivity index (χ0v) is 13.8. The summed E-state index contributed by atoms with van der Waals surface area (Å²) in [6.45, 7) is 4.42. The van der Waals surface area contributed by atoms with E-state index in [0.717, 1.165) is 37.2 Å². The molecule has 1 aliphatic heterocycles. The van der Waals surface area contributed by atoms with Crippen molar-refractivity contribution in [2.45, 2.75) is 26.3 Å². The number of benzene rings is 1. The van der Waals surface area contributed by atoms with Crippen molar-refractivity contribution in [1.29, 1.82) is 0 Å². The Balaban J connectivity index is 0.00000220. The molecule has 5 heteroatoms. The number of hydrogen-bond acceptors (Lipinski definition) is 3. The SMILES string of the molecule is COc1ccccc1CN(C)C(=O)C1(C)CCCNC1.Cl. The molecule has 21 heavy (non-hydrogen) atoms. The maximum atomic E-state index is 12.7. The average molecular weight is 313 g/mol. The summed E-state index contributed by atoms with van der Waals surface area (Å²) in [5, 5.41) is 3.33. The normalized spacial score (nSPS) is 21.3. The number of nitrogens with zero attached hydrogens (tertiary/aromatic N) is 1. The molecule has 1 aromatic carbocycles. The summed E-state index contributed by atoms with van der Waals surface area (Å²) < 4.78 is 5.35. The number of methoxy groups -OCH3 is 1. The van der Waals surface area contributed by atoms with E-state index in [4.69, 9.17) is 4.74 Å². The molecule has 0 bridgehead atoms. The summed E-state index contributed by atoms with van der Waals surface area (Å²) in [6.07, 6.45) is 2.01. The molecule has 1 fully saturated rings. The molecule has 0 aromatic heterocycles. The van der Waals surface area contributed by atoms with Crippen molar-refractivity contribution in [3.8, 4) is 5.75 Å². The van der Waals surface area contributed by atoms with Gasteiger partial charge in [0.2, 0.25) is 5.91 Å². The van der Waals surface area contributed by atoms with E-state index in [-0.39, 0.29) is 23.7 Å². The van der Waals surface area contributed by atoms with Crippen LogP contribution in [0.5, 0.6) is 5.75 Å². The molecule has 0 aliphatic carbocycles. The lowest BCUT2D eigenvalue weighted by Gasteiger charge is -2.36. The van der Waals surface area contributed by atoms with Gasteiger partial charge in [-0.3, -0.25) is 4.79 Å². The first-order valence-corrected chi connectivity index (χ1v) is 7.15. The first-order valence-electron chi connectivity index (χ1n) is 7.15. The molecule has 0 saturated carbocycles. The van der Waals surface area contributed by atoms with Gasteiger partial charge in [-0.15, -0.1) is 12.4 Å². The first-order chi connectivity index (χ1) is 9.57. The Bertz CT molecular complexity index is 473. The van der Waals surface area contributed by atoms with E-state index in [0.29, 0.717) is 6.54 Å². The van der Waals surface area contributed by atoms with E-state index in [1.165, 1.54) is 0 Å². The summed E-state index contributed by atoms with van der Waals surface area (Å²) >= 11 is 0. The minimum absolute atomic E-state index is 0. The molecule has 1 heterocycles. The van der Waals surface area contributed by atoms with Gasteiger partial charge in [0, 0.05) is 25.7 Å². The van der Waals surface area contributed by atoms with E-state index >= 15 is 0 Å². The highest BCUT2D eigenvalue weighted by Gasteiger charge is 2.36. The predicted octanol–water partition coefficient (Wildman–Crippen LogP) is 2.47. The monoisotopic (exact) mass is 312 g/mol. The molecule has 2 rings (SSSR count). The van der Waals surface area contributed by atoms with E-state index in [1.54, 1.807) is 7.11 Å². The summed E-state index contributed by atoms with van der Waals surface area (Å²) in [6, 6.07) is 7.85. The summed E-state index contributed by atoms with van der Waals surface area (Å²) in [5.74, 6) is 1.04. The van der Waals surface area contributed by atoms with E-state index in [9.17, 15) is 4.79 Å². The molecule has 1 aromatic rings. The number of ether oxygens (including phenoxy) is 1. The Hall–Kier alpha value is -1.26. The van der Waals surface area contributed by atoms with Gasteiger partial charge in [-0.05, 0) is 32.4 Å². The lowest BCUT2D eigenvalue weighted by atomic mass is 9.81. The van der Waals surface area contributed by atoms with Crippen LogP contribution >= 0.6 is 12.4 Å². The van der Waals surface area contributed by atoms with Gasteiger partial charge in [0.15, 0.2) is 0 Å². The van der Waals surface area contributed by atoms with Gasteiger partial charge < -0.3 is 15.0 Å². The molecule has 4 nitrogen and oxygen atoms in total. The van der Waals surface area contributed by atoms with E-state index in [2.05, 4.69) is 12.2 Å². The Morgan fingerprint density at radius 3 is 2.76 bits per heavy atom. The maximum Gasteiger partial charge on any atom is 0.229 e. The van der Waals surface area contributed by atoms with Crippen LogP contribution in [0, 0.1) is 5.41 Å². The van der Waals surface area contributed by atoms with Crippen molar-refractivity contribution >= 4 is 18.3 Å². The Morgan fingerprint density at radius 2 is 2.14 bits per heavy atom. The third-order valence-corrected chi connectivity index (χ3v) is 4.06. The number of hydrogen-bond donors (Lipinski definition) is 1. The highest BCUT2D eigenvalue weighted by atomic mass is 35.5.